The van der Waals surface area contributed by atoms with Gasteiger partial charge in [-0.25, -0.2) is 0 Å². The second-order valence-corrected chi connectivity index (χ2v) is 6.68. The van der Waals surface area contributed by atoms with E-state index in [-0.39, 0.29) is 0 Å². The van der Waals surface area contributed by atoms with Crippen molar-refractivity contribution in [1.29, 1.82) is 0 Å². The molecule has 0 spiro atoms. The van der Waals surface area contributed by atoms with Crippen molar-refractivity contribution in [2.75, 3.05) is 0 Å². The van der Waals surface area contributed by atoms with Gasteiger partial charge in [-0.05, 0) is 47.9 Å². The Morgan fingerprint density at radius 2 is 0.957 bits per heavy atom. The summed E-state index contributed by atoms with van der Waals surface area (Å²) in [5.74, 6) is 0. The Bertz CT molecular complexity index is 507. The molecule has 0 unspecified atom stereocenters. The van der Waals surface area contributed by atoms with Gasteiger partial charge in [-0.1, -0.05) is 65.5 Å². The first-order chi connectivity index (χ1) is 10.8. The molecule has 0 bridgehead atoms. The second kappa shape index (κ2) is 11.6. The molecular weight excluding hydrogens is 312 g/mol. The van der Waals surface area contributed by atoms with Crippen molar-refractivity contribution in [3.63, 3.8) is 0 Å². The fourth-order valence-electron chi connectivity index (χ4n) is 2.92. The van der Waals surface area contributed by atoms with Crippen molar-refractivity contribution >= 4 is 10.4 Å². The van der Waals surface area contributed by atoms with Crippen LogP contribution in [-0.4, -0.2) is 17.5 Å². The number of hydrogen-bond acceptors (Lipinski definition) is 2. The third-order valence-corrected chi connectivity index (χ3v) is 3.66. The molecule has 0 saturated carbocycles. The molecular formula is C18H32O4S. The van der Waals surface area contributed by atoms with Gasteiger partial charge < -0.3 is 0 Å². The molecule has 0 radical (unpaired) electrons. The lowest BCUT2D eigenvalue weighted by atomic mass is 9.87. The van der Waals surface area contributed by atoms with Gasteiger partial charge in [0.1, 0.15) is 0 Å². The van der Waals surface area contributed by atoms with Gasteiger partial charge in [-0.2, -0.15) is 8.42 Å². The van der Waals surface area contributed by atoms with Gasteiger partial charge in [-0.15, -0.1) is 0 Å². The highest BCUT2D eigenvalue weighted by atomic mass is 32.3. The summed E-state index contributed by atoms with van der Waals surface area (Å²) in [7, 11) is -4.67. The van der Waals surface area contributed by atoms with E-state index in [0.29, 0.717) is 0 Å². The van der Waals surface area contributed by atoms with Crippen LogP contribution in [0.1, 0.15) is 75.6 Å². The molecule has 0 saturated heterocycles. The lowest BCUT2D eigenvalue weighted by molar-refractivity contribution is 0.381. The molecule has 0 aliphatic carbocycles. The molecule has 0 fully saturated rings. The summed E-state index contributed by atoms with van der Waals surface area (Å²) >= 11 is 0. The molecule has 0 aliphatic rings. The number of benzene rings is 1. The molecule has 5 heteroatoms. The maximum Gasteiger partial charge on any atom is 0.394 e. The fourth-order valence-corrected chi connectivity index (χ4v) is 2.92. The van der Waals surface area contributed by atoms with E-state index < -0.39 is 10.4 Å². The monoisotopic (exact) mass is 344 g/mol. The molecule has 0 amide bonds. The van der Waals surface area contributed by atoms with Crippen molar-refractivity contribution in [2.24, 2.45) is 0 Å². The molecule has 1 aromatic carbocycles. The normalized spacial score (nSPS) is 11.0. The first kappa shape index (κ1) is 22.1. The maximum atomic E-state index is 8.74. The van der Waals surface area contributed by atoms with Crippen molar-refractivity contribution in [1.82, 2.24) is 0 Å². The van der Waals surface area contributed by atoms with Crippen LogP contribution in [0.3, 0.4) is 0 Å². The van der Waals surface area contributed by atoms with Crippen molar-refractivity contribution in [3.05, 3.63) is 34.4 Å². The highest BCUT2D eigenvalue weighted by Crippen LogP contribution is 2.25. The Morgan fingerprint density at radius 3 is 1.17 bits per heavy atom. The van der Waals surface area contributed by atoms with E-state index in [4.69, 9.17) is 17.5 Å². The van der Waals surface area contributed by atoms with Crippen molar-refractivity contribution < 1.29 is 17.5 Å². The average molecular weight is 345 g/mol. The predicted octanol–water partition coefficient (Wildman–Crippen LogP) is 4.84. The van der Waals surface area contributed by atoms with Crippen LogP contribution in [0.15, 0.2) is 12.1 Å². The molecule has 23 heavy (non-hydrogen) atoms. The molecule has 4 nitrogen and oxygen atoms in total. The summed E-state index contributed by atoms with van der Waals surface area (Å²) in [6.45, 7) is 9.18. The Kier molecular flexibility index (Phi) is 11.1. The Hall–Kier alpha value is -0.910. The largest absolute Gasteiger partial charge is 0.394 e. The highest BCUT2D eigenvalue weighted by molar-refractivity contribution is 7.79. The Balaban J connectivity index is 0.000000841. The van der Waals surface area contributed by atoms with Gasteiger partial charge in [-0.3, -0.25) is 9.11 Å². The molecule has 2 N–H and O–H groups in total. The van der Waals surface area contributed by atoms with Crippen LogP contribution in [0.4, 0.5) is 0 Å². The van der Waals surface area contributed by atoms with E-state index in [2.05, 4.69) is 39.8 Å². The molecule has 0 aromatic heterocycles. The van der Waals surface area contributed by atoms with Gasteiger partial charge in [0.05, 0.1) is 0 Å². The first-order valence-corrected chi connectivity index (χ1v) is 10.00. The van der Waals surface area contributed by atoms with Crippen molar-refractivity contribution in [2.45, 2.75) is 79.1 Å². The van der Waals surface area contributed by atoms with Crippen LogP contribution in [-0.2, 0) is 36.1 Å². The summed E-state index contributed by atoms with van der Waals surface area (Å²) in [5.41, 5.74) is 6.60. The minimum absolute atomic E-state index is 1.25. The van der Waals surface area contributed by atoms with Gasteiger partial charge >= 0.3 is 10.4 Å². The molecule has 0 aliphatic heterocycles. The van der Waals surface area contributed by atoms with E-state index in [0.717, 1.165) is 0 Å². The fraction of sp³-hybridized carbons (Fsp3) is 0.667. The number of rotatable bonds is 8. The topological polar surface area (TPSA) is 74.6 Å². The lowest BCUT2D eigenvalue weighted by Gasteiger charge is -2.18. The van der Waals surface area contributed by atoms with Gasteiger partial charge in [0.15, 0.2) is 0 Å². The smallest absolute Gasteiger partial charge is 0.264 e. The first-order valence-electron chi connectivity index (χ1n) is 8.60. The highest BCUT2D eigenvalue weighted by Gasteiger charge is 2.11. The van der Waals surface area contributed by atoms with Gasteiger partial charge in [0, 0.05) is 0 Å². The van der Waals surface area contributed by atoms with Crippen LogP contribution in [0.25, 0.3) is 0 Å². The van der Waals surface area contributed by atoms with Crippen LogP contribution in [0, 0.1) is 0 Å². The molecule has 134 valence electrons. The zero-order valence-electron chi connectivity index (χ0n) is 14.9. The average Bonchev–Trinajstić information content (AvgIpc) is 2.43. The summed E-state index contributed by atoms with van der Waals surface area (Å²) < 4.78 is 31.6. The molecule has 1 aromatic rings. The number of aryl methyl sites for hydroxylation is 2. The van der Waals surface area contributed by atoms with Crippen LogP contribution >= 0.6 is 0 Å². The van der Waals surface area contributed by atoms with E-state index in [1.807, 2.05) is 0 Å². The summed E-state index contributed by atoms with van der Waals surface area (Å²) in [6.07, 6.45) is 10.1. The zero-order chi connectivity index (χ0) is 17.9. The quantitative estimate of drug-likeness (QED) is 0.661. The van der Waals surface area contributed by atoms with Crippen molar-refractivity contribution in [3.8, 4) is 0 Å². The van der Waals surface area contributed by atoms with E-state index in [1.54, 1.807) is 22.3 Å². The van der Waals surface area contributed by atoms with E-state index in [9.17, 15) is 0 Å². The Morgan fingerprint density at radius 1 is 0.696 bits per heavy atom. The molecule has 1 rings (SSSR count). The van der Waals surface area contributed by atoms with Crippen LogP contribution in [0.2, 0.25) is 0 Å². The standard InChI is InChI=1S/C18H30.H2O4S/c1-5-9-15-13-14-16(10-6-2)18(12-8-4)17(15)11-7-3;1-5(2,3)4/h13-14H,5-12H2,1-4H3;(H2,1,2,3,4). The van der Waals surface area contributed by atoms with Crippen LogP contribution < -0.4 is 0 Å². The van der Waals surface area contributed by atoms with Gasteiger partial charge in [0.2, 0.25) is 0 Å². The predicted molar refractivity (Wildman–Crippen MR) is 96.6 cm³/mol. The minimum atomic E-state index is -4.67. The van der Waals surface area contributed by atoms with E-state index >= 15 is 0 Å². The summed E-state index contributed by atoms with van der Waals surface area (Å²) in [6, 6.07) is 4.80. The molecule has 0 atom stereocenters. The van der Waals surface area contributed by atoms with Gasteiger partial charge in [0.25, 0.3) is 0 Å². The molecule has 0 heterocycles. The van der Waals surface area contributed by atoms with E-state index in [1.165, 1.54) is 51.4 Å². The maximum absolute atomic E-state index is 8.74. The summed E-state index contributed by atoms with van der Waals surface area (Å²) in [4.78, 5) is 0. The van der Waals surface area contributed by atoms with Crippen LogP contribution in [0.5, 0.6) is 0 Å². The SMILES string of the molecule is CCCc1ccc(CCC)c(CCC)c1CCC.O=S(=O)(O)O. The minimum Gasteiger partial charge on any atom is -0.264 e. The number of hydrogen-bond donors (Lipinski definition) is 2. The second-order valence-electron chi connectivity index (χ2n) is 5.79. The third-order valence-electron chi connectivity index (χ3n) is 3.66. The lowest BCUT2D eigenvalue weighted by Crippen LogP contribution is -2.05. The summed E-state index contributed by atoms with van der Waals surface area (Å²) in [5, 5.41) is 0. The Labute approximate surface area is 141 Å². The third kappa shape index (κ3) is 9.74. The zero-order valence-corrected chi connectivity index (χ0v) is 15.7.